The van der Waals surface area contributed by atoms with Crippen LogP contribution in [0.15, 0.2) is 29.7 Å². The molecule has 8 nitrogen and oxygen atoms in total. The third kappa shape index (κ3) is 3.16. The molecule has 3 rings (SSSR count). The Bertz CT molecular complexity index is 839. The molecule has 10 heteroatoms. The first-order valence-corrected chi connectivity index (χ1v) is 9.93. The van der Waals surface area contributed by atoms with Gasteiger partial charge in [0.05, 0.1) is 39.2 Å². The van der Waals surface area contributed by atoms with Gasteiger partial charge in [-0.1, -0.05) is 0 Å². The first-order chi connectivity index (χ1) is 12.0. The van der Waals surface area contributed by atoms with Crippen LogP contribution >= 0.6 is 11.8 Å². The number of hydrogen-bond acceptors (Lipinski definition) is 7. The number of methoxy groups -OCH3 is 3. The van der Waals surface area contributed by atoms with E-state index in [4.69, 9.17) is 14.2 Å². The number of ether oxygens (including phenoxy) is 3. The van der Waals surface area contributed by atoms with Crippen LogP contribution in [0, 0.1) is 0 Å². The Morgan fingerprint density at radius 2 is 1.84 bits per heavy atom. The summed E-state index contributed by atoms with van der Waals surface area (Å²) in [6.07, 6.45) is 2.66. The van der Waals surface area contributed by atoms with E-state index in [1.165, 1.54) is 49.9 Å². The molecule has 1 saturated heterocycles. The van der Waals surface area contributed by atoms with E-state index in [0.29, 0.717) is 35.1 Å². The van der Waals surface area contributed by atoms with Crippen molar-refractivity contribution in [2.45, 2.75) is 10.4 Å². The van der Waals surface area contributed by atoms with Gasteiger partial charge < -0.3 is 19.2 Å². The summed E-state index contributed by atoms with van der Waals surface area (Å²) in [6.45, 7) is 0.397. The second kappa shape index (κ2) is 7.14. The van der Waals surface area contributed by atoms with Crippen LogP contribution in [0.4, 0.5) is 0 Å². The second-order valence-electron chi connectivity index (χ2n) is 5.20. The van der Waals surface area contributed by atoms with Crippen molar-refractivity contribution < 1.29 is 22.6 Å². The Morgan fingerprint density at radius 3 is 2.44 bits per heavy atom. The predicted octanol–water partition coefficient (Wildman–Crippen LogP) is 1.87. The average molecular weight is 385 g/mol. The molecule has 1 aromatic heterocycles. The van der Waals surface area contributed by atoms with Gasteiger partial charge in [-0.3, -0.25) is 0 Å². The summed E-state index contributed by atoms with van der Waals surface area (Å²) in [6, 6.07) is 3.46. The van der Waals surface area contributed by atoms with E-state index in [1.54, 1.807) is 12.1 Å². The monoisotopic (exact) mass is 385 g/mol. The molecule has 0 spiro atoms. The highest BCUT2D eigenvalue weighted by Gasteiger charge is 2.39. The van der Waals surface area contributed by atoms with Crippen molar-refractivity contribution in [1.29, 1.82) is 0 Å². The van der Waals surface area contributed by atoms with Gasteiger partial charge in [-0.25, -0.2) is 13.4 Å². The smallest absolute Gasteiger partial charge is 0.261 e. The lowest BCUT2D eigenvalue weighted by molar-refractivity contribution is 0.344. The number of benzene rings is 1. The van der Waals surface area contributed by atoms with E-state index in [9.17, 15) is 8.42 Å². The summed E-state index contributed by atoms with van der Waals surface area (Å²) in [5.74, 6) is 2.26. The van der Waals surface area contributed by atoms with Crippen LogP contribution in [0.1, 0.15) is 10.9 Å². The van der Waals surface area contributed by atoms with Gasteiger partial charge in [-0.15, -0.1) is 11.8 Å². The van der Waals surface area contributed by atoms with Crippen molar-refractivity contribution in [3.63, 3.8) is 0 Å². The number of imidazole rings is 1. The largest absolute Gasteiger partial charge is 0.496 e. The molecule has 0 aliphatic carbocycles. The summed E-state index contributed by atoms with van der Waals surface area (Å²) in [5, 5.41) is -0.359. The summed E-state index contributed by atoms with van der Waals surface area (Å²) < 4.78 is 43.4. The molecular weight excluding hydrogens is 366 g/mol. The fourth-order valence-electron chi connectivity index (χ4n) is 2.70. The van der Waals surface area contributed by atoms with E-state index in [2.05, 4.69) is 9.97 Å². The SMILES string of the molecule is COc1cc(OC)c(C2SCCN2S(=O)(=O)c2cnc[nH]2)cc1OC. The van der Waals surface area contributed by atoms with Crippen molar-refractivity contribution in [3.05, 3.63) is 30.2 Å². The molecule has 1 aliphatic heterocycles. The van der Waals surface area contributed by atoms with Crippen molar-refractivity contribution >= 4 is 21.8 Å². The molecule has 1 aliphatic rings. The number of nitrogens with zero attached hydrogens (tertiary/aromatic N) is 2. The Balaban J connectivity index is 2.06. The van der Waals surface area contributed by atoms with Crippen LogP contribution in [0.25, 0.3) is 0 Å². The topological polar surface area (TPSA) is 93.8 Å². The van der Waals surface area contributed by atoms with Gasteiger partial charge in [0.1, 0.15) is 5.75 Å². The van der Waals surface area contributed by atoms with Crippen molar-refractivity contribution in [1.82, 2.24) is 14.3 Å². The number of hydrogen-bond donors (Lipinski definition) is 1. The summed E-state index contributed by atoms with van der Waals surface area (Å²) in [5.41, 5.74) is 0.714. The summed E-state index contributed by atoms with van der Waals surface area (Å²) >= 11 is 1.53. The molecule has 1 N–H and O–H groups in total. The van der Waals surface area contributed by atoms with E-state index in [1.807, 2.05) is 0 Å². The maximum atomic E-state index is 12.9. The van der Waals surface area contributed by atoms with Gasteiger partial charge >= 0.3 is 0 Å². The molecule has 2 aromatic rings. The van der Waals surface area contributed by atoms with E-state index in [0.717, 1.165) is 0 Å². The zero-order valence-corrected chi connectivity index (χ0v) is 15.7. The van der Waals surface area contributed by atoms with Gasteiger partial charge in [-0.2, -0.15) is 4.31 Å². The lowest BCUT2D eigenvalue weighted by Gasteiger charge is -2.25. The van der Waals surface area contributed by atoms with Crippen LogP contribution in [-0.4, -0.2) is 56.3 Å². The average Bonchev–Trinajstić information content (AvgIpc) is 3.32. The van der Waals surface area contributed by atoms with Crippen molar-refractivity contribution in [2.75, 3.05) is 33.6 Å². The summed E-state index contributed by atoms with van der Waals surface area (Å²) in [4.78, 5) is 6.48. The molecule has 0 amide bonds. The molecule has 1 atom stereocenters. The van der Waals surface area contributed by atoms with Gasteiger partial charge in [-0.05, 0) is 6.07 Å². The first kappa shape index (κ1) is 17.9. The number of nitrogens with one attached hydrogen (secondary N) is 1. The second-order valence-corrected chi connectivity index (χ2v) is 8.25. The van der Waals surface area contributed by atoms with E-state index in [-0.39, 0.29) is 5.03 Å². The Labute approximate surface area is 150 Å². The Kier molecular flexibility index (Phi) is 5.11. The van der Waals surface area contributed by atoms with Gasteiger partial charge in [0.2, 0.25) is 0 Å². The van der Waals surface area contributed by atoms with Crippen LogP contribution in [-0.2, 0) is 10.0 Å². The number of aromatic amines is 1. The fraction of sp³-hybridized carbons (Fsp3) is 0.400. The van der Waals surface area contributed by atoms with Gasteiger partial charge in [0.25, 0.3) is 10.0 Å². The third-order valence-electron chi connectivity index (χ3n) is 3.91. The minimum atomic E-state index is -3.69. The van der Waals surface area contributed by atoms with Crippen LogP contribution in [0.2, 0.25) is 0 Å². The van der Waals surface area contributed by atoms with E-state index < -0.39 is 15.4 Å². The molecule has 25 heavy (non-hydrogen) atoms. The zero-order valence-electron chi connectivity index (χ0n) is 14.1. The quantitative estimate of drug-likeness (QED) is 0.811. The molecule has 0 radical (unpaired) electrons. The number of H-pyrrole nitrogens is 1. The maximum Gasteiger partial charge on any atom is 0.261 e. The highest BCUT2D eigenvalue weighted by molar-refractivity contribution is 8.01. The minimum absolute atomic E-state index is 0.0689. The highest BCUT2D eigenvalue weighted by Crippen LogP contribution is 2.47. The molecule has 1 aromatic carbocycles. The highest BCUT2D eigenvalue weighted by atomic mass is 32.2. The normalized spacial score (nSPS) is 18.3. The molecule has 1 unspecified atom stereocenters. The van der Waals surface area contributed by atoms with E-state index >= 15 is 0 Å². The fourth-order valence-corrected chi connectivity index (χ4v) is 5.85. The summed E-state index contributed by atoms with van der Waals surface area (Å²) in [7, 11) is 0.928. The number of sulfonamides is 1. The zero-order chi connectivity index (χ0) is 18.0. The molecule has 0 saturated carbocycles. The van der Waals surface area contributed by atoms with Crippen LogP contribution < -0.4 is 14.2 Å². The molecule has 136 valence electrons. The minimum Gasteiger partial charge on any atom is -0.496 e. The van der Waals surface area contributed by atoms with Gasteiger partial charge in [0, 0.05) is 23.9 Å². The molecular formula is C15H19N3O5S2. The first-order valence-electron chi connectivity index (χ1n) is 7.44. The lowest BCUT2D eigenvalue weighted by atomic mass is 10.1. The van der Waals surface area contributed by atoms with Gasteiger partial charge in [0.15, 0.2) is 16.5 Å². The molecule has 2 heterocycles. The van der Waals surface area contributed by atoms with Crippen LogP contribution in [0.5, 0.6) is 17.2 Å². The number of rotatable bonds is 6. The number of aromatic nitrogens is 2. The van der Waals surface area contributed by atoms with Crippen LogP contribution in [0.3, 0.4) is 0 Å². The molecule has 0 bridgehead atoms. The lowest BCUT2D eigenvalue weighted by Crippen LogP contribution is -2.31. The van der Waals surface area contributed by atoms with Crippen molar-refractivity contribution in [3.8, 4) is 17.2 Å². The standard InChI is InChI=1S/C15H19N3O5S2/c1-21-11-7-13(23-3)12(22-2)6-10(11)15-18(4-5-24-15)25(19,20)14-8-16-9-17-14/h6-9,15H,4-5H2,1-3H3,(H,16,17). The molecule has 1 fully saturated rings. The number of thioether (sulfide) groups is 1. The predicted molar refractivity (Wildman–Crippen MR) is 93.8 cm³/mol. The third-order valence-corrected chi connectivity index (χ3v) is 7.08. The Hall–Kier alpha value is -1.91. The Morgan fingerprint density at radius 1 is 1.16 bits per heavy atom. The maximum absolute atomic E-state index is 12.9. The van der Waals surface area contributed by atoms with Crippen molar-refractivity contribution in [2.24, 2.45) is 0 Å².